The minimum atomic E-state index is -0.364. The average molecular weight is 422 g/mol. The van der Waals surface area contributed by atoms with E-state index in [9.17, 15) is 9.59 Å². The van der Waals surface area contributed by atoms with Crippen LogP contribution in [0.4, 0.5) is 0 Å². The number of thiazole rings is 1. The first kappa shape index (κ1) is 20.5. The number of aromatic nitrogens is 1. The summed E-state index contributed by atoms with van der Waals surface area (Å²) in [5.41, 5.74) is 1.71. The molecule has 1 fully saturated rings. The molecule has 156 valence electrons. The van der Waals surface area contributed by atoms with E-state index in [1.165, 1.54) is 16.3 Å². The van der Waals surface area contributed by atoms with E-state index >= 15 is 0 Å². The first-order valence-electron chi connectivity index (χ1n) is 10.4. The normalized spacial score (nSPS) is 19.6. The van der Waals surface area contributed by atoms with Crippen molar-refractivity contribution < 1.29 is 9.59 Å². The maximum Gasteiger partial charge on any atom is 0.220 e. The van der Waals surface area contributed by atoms with Crippen molar-refractivity contribution >= 4 is 33.9 Å². The fourth-order valence-corrected chi connectivity index (χ4v) is 4.95. The summed E-state index contributed by atoms with van der Waals surface area (Å²) in [5, 5.41) is 11.6. The van der Waals surface area contributed by atoms with Gasteiger partial charge in [0.1, 0.15) is 0 Å². The lowest BCUT2D eigenvalue weighted by Crippen LogP contribution is -2.44. The lowest BCUT2D eigenvalue weighted by atomic mass is 9.84. The zero-order valence-electron chi connectivity index (χ0n) is 17.4. The molecule has 0 saturated carbocycles. The Kier molecular flexibility index (Phi) is 5.86. The number of benzene rings is 2. The second kappa shape index (κ2) is 8.56. The van der Waals surface area contributed by atoms with Gasteiger partial charge in [-0.3, -0.25) is 9.59 Å². The molecule has 3 aromatic rings. The van der Waals surface area contributed by atoms with Gasteiger partial charge in [-0.15, -0.1) is 11.3 Å². The minimum absolute atomic E-state index is 0.00723. The number of carbonyl (C=O) groups excluding carboxylic acids is 2. The second-order valence-corrected chi connectivity index (χ2v) is 9.33. The number of hydrogen-bond donors (Lipinski definition) is 2. The van der Waals surface area contributed by atoms with Crippen LogP contribution in [0.15, 0.2) is 47.8 Å². The first-order valence-corrected chi connectivity index (χ1v) is 11.3. The van der Waals surface area contributed by atoms with Gasteiger partial charge in [0.2, 0.25) is 11.8 Å². The number of hydrogen-bond acceptors (Lipinski definition) is 4. The number of nitrogens with one attached hydrogen (secondary N) is 2. The van der Waals surface area contributed by atoms with E-state index in [1.807, 2.05) is 31.4 Å². The van der Waals surface area contributed by atoms with Gasteiger partial charge < -0.3 is 10.6 Å². The Morgan fingerprint density at radius 2 is 2.07 bits per heavy atom. The number of rotatable bonds is 7. The van der Waals surface area contributed by atoms with E-state index in [-0.39, 0.29) is 23.4 Å². The van der Waals surface area contributed by atoms with Crippen LogP contribution < -0.4 is 10.6 Å². The molecule has 1 aliphatic heterocycles. The summed E-state index contributed by atoms with van der Waals surface area (Å²) in [6.45, 7) is 3.91. The van der Waals surface area contributed by atoms with Crippen molar-refractivity contribution in [3.8, 4) is 0 Å². The summed E-state index contributed by atoms with van der Waals surface area (Å²) >= 11 is 1.59. The highest BCUT2D eigenvalue weighted by atomic mass is 32.1. The van der Waals surface area contributed by atoms with Crippen LogP contribution in [0.5, 0.6) is 0 Å². The predicted molar refractivity (Wildman–Crippen MR) is 120 cm³/mol. The van der Waals surface area contributed by atoms with Crippen molar-refractivity contribution in [3.05, 3.63) is 64.1 Å². The standard InChI is InChI=1S/C24H27N3O2S/c1-16(21-15-30-17(2)26-21)25-22(28)9-11-24(12-10-23(29)27-24)14-18-7-8-19-5-3-4-6-20(19)13-18/h3-8,13,15-16H,9-12,14H2,1-2H3,(H,25,28)(H,27,29)/t16-,24-/m0/s1. The molecule has 1 aliphatic rings. The van der Waals surface area contributed by atoms with Crippen molar-refractivity contribution in [2.45, 2.75) is 57.5 Å². The molecular weight excluding hydrogens is 394 g/mol. The number of nitrogens with zero attached hydrogens (tertiary/aromatic N) is 1. The Morgan fingerprint density at radius 1 is 1.27 bits per heavy atom. The van der Waals surface area contributed by atoms with Gasteiger partial charge in [0.15, 0.2) is 0 Å². The van der Waals surface area contributed by atoms with E-state index in [1.54, 1.807) is 11.3 Å². The zero-order valence-corrected chi connectivity index (χ0v) is 18.2. The third-order valence-corrected chi connectivity index (χ3v) is 6.67. The molecule has 2 amide bonds. The summed E-state index contributed by atoms with van der Waals surface area (Å²) in [7, 11) is 0. The summed E-state index contributed by atoms with van der Waals surface area (Å²) in [4.78, 5) is 29.1. The maximum atomic E-state index is 12.6. The van der Waals surface area contributed by atoms with Crippen molar-refractivity contribution in [1.82, 2.24) is 15.6 Å². The lowest BCUT2D eigenvalue weighted by Gasteiger charge is -2.29. The summed E-state index contributed by atoms with van der Waals surface area (Å²) in [6.07, 6.45) is 3.01. The molecule has 30 heavy (non-hydrogen) atoms. The first-order chi connectivity index (χ1) is 14.4. The largest absolute Gasteiger partial charge is 0.350 e. The van der Waals surface area contributed by atoms with Gasteiger partial charge in [0, 0.05) is 23.8 Å². The SMILES string of the molecule is Cc1nc([C@H](C)NC(=O)CC[C@@]2(Cc3ccc4ccccc4c3)CCC(=O)N2)cs1. The van der Waals surface area contributed by atoms with Gasteiger partial charge in [0.05, 0.1) is 16.7 Å². The highest BCUT2D eigenvalue weighted by Gasteiger charge is 2.38. The molecule has 1 aromatic heterocycles. The molecule has 0 radical (unpaired) electrons. The molecule has 1 saturated heterocycles. The topological polar surface area (TPSA) is 71.1 Å². The molecule has 0 bridgehead atoms. The molecule has 2 aromatic carbocycles. The molecule has 5 nitrogen and oxygen atoms in total. The Labute approximate surface area is 180 Å². The molecule has 0 spiro atoms. The maximum absolute atomic E-state index is 12.6. The van der Waals surface area contributed by atoms with Gasteiger partial charge in [0.25, 0.3) is 0 Å². The van der Waals surface area contributed by atoms with E-state index in [0.717, 1.165) is 23.5 Å². The highest BCUT2D eigenvalue weighted by molar-refractivity contribution is 7.09. The van der Waals surface area contributed by atoms with Gasteiger partial charge in [-0.25, -0.2) is 4.98 Å². The van der Waals surface area contributed by atoms with E-state index in [0.29, 0.717) is 19.3 Å². The molecule has 2 heterocycles. The Morgan fingerprint density at radius 3 is 2.77 bits per heavy atom. The van der Waals surface area contributed by atoms with Crippen LogP contribution in [0.1, 0.15) is 54.9 Å². The van der Waals surface area contributed by atoms with Crippen molar-refractivity contribution in [2.24, 2.45) is 0 Å². The van der Waals surface area contributed by atoms with Crippen LogP contribution in [-0.2, 0) is 16.0 Å². The Bertz CT molecular complexity index is 1080. The Balaban J connectivity index is 1.42. The predicted octanol–water partition coefficient (Wildman–Crippen LogP) is 4.45. The summed E-state index contributed by atoms with van der Waals surface area (Å²) < 4.78 is 0. The second-order valence-electron chi connectivity index (χ2n) is 8.27. The molecule has 4 rings (SSSR count). The third kappa shape index (κ3) is 4.70. The smallest absolute Gasteiger partial charge is 0.220 e. The van der Waals surface area contributed by atoms with Gasteiger partial charge >= 0.3 is 0 Å². The number of fused-ring (bicyclic) bond motifs is 1. The van der Waals surface area contributed by atoms with E-state index < -0.39 is 0 Å². The van der Waals surface area contributed by atoms with Crippen LogP contribution in [0.3, 0.4) is 0 Å². The fourth-order valence-electron chi connectivity index (χ4n) is 4.24. The van der Waals surface area contributed by atoms with Crippen LogP contribution >= 0.6 is 11.3 Å². The molecule has 0 unspecified atom stereocenters. The van der Waals surface area contributed by atoms with Crippen molar-refractivity contribution in [3.63, 3.8) is 0 Å². The molecule has 2 atom stereocenters. The molecular formula is C24H27N3O2S. The quantitative estimate of drug-likeness (QED) is 0.592. The van der Waals surface area contributed by atoms with Crippen LogP contribution in [0.25, 0.3) is 10.8 Å². The van der Waals surface area contributed by atoms with Crippen LogP contribution in [0, 0.1) is 6.92 Å². The van der Waals surface area contributed by atoms with Gasteiger partial charge in [-0.1, -0.05) is 42.5 Å². The average Bonchev–Trinajstić information content (AvgIpc) is 3.32. The summed E-state index contributed by atoms with van der Waals surface area (Å²) in [6, 6.07) is 14.6. The number of amides is 2. The van der Waals surface area contributed by atoms with E-state index in [2.05, 4.69) is 45.9 Å². The van der Waals surface area contributed by atoms with Crippen molar-refractivity contribution in [1.29, 1.82) is 0 Å². The minimum Gasteiger partial charge on any atom is -0.350 e. The highest BCUT2D eigenvalue weighted by Crippen LogP contribution is 2.31. The molecule has 0 aliphatic carbocycles. The van der Waals surface area contributed by atoms with Gasteiger partial charge in [-0.2, -0.15) is 0 Å². The lowest BCUT2D eigenvalue weighted by molar-refractivity contribution is -0.123. The molecule has 6 heteroatoms. The number of aryl methyl sites for hydroxylation is 1. The fraction of sp³-hybridized carbons (Fsp3) is 0.375. The van der Waals surface area contributed by atoms with Crippen molar-refractivity contribution in [2.75, 3.05) is 0 Å². The van der Waals surface area contributed by atoms with Crippen LogP contribution in [-0.4, -0.2) is 22.3 Å². The third-order valence-electron chi connectivity index (χ3n) is 5.88. The summed E-state index contributed by atoms with van der Waals surface area (Å²) in [5.74, 6) is 0.0645. The Hall–Kier alpha value is -2.73. The zero-order chi connectivity index (χ0) is 21.1. The van der Waals surface area contributed by atoms with Crippen LogP contribution in [0.2, 0.25) is 0 Å². The number of carbonyl (C=O) groups is 2. The van der Waals surface area contributed by atoms with E-state index in [4.69, 9.17) is 0 Å². The molecule has 2 N–H and O–H groups in total. The monoisotopic (exact) mass is 421 g/mol. The van der Waals surface area contributed by atoms with Gasteiger partial charge in [-0.05, 0) is 49.4 Å².